The fourth-order valence-corrected chi connectivity index (χ4v) is 4.70. The number of halogens is 1. The number of ether oxygens (including phenoxy) is 1. The monoisotopic (exact) mass is 517 g/mol. The largest absolute Gasteiger partial charge is 0.444 e. The van der Waals surface area contributed by atoms with Crippen LogP contribution in [-0.4, -0.2) is 60.1 Å². The topological polar surface area (TPSA) is 53.1 Å². The van der Waals surface area contributed by atoms with E-state index in [2.05, 4.69) is 4.90 Å². The molecule has 1 saturated heterocycles. The highest BCUT2D eigenvalue weighted by molar-refractivity contribution is 6.09. The molecule has 1 atom stereocenters. The Bertz CT molecular complexity index is 1270. The van der Waals surface area contributed by atoms with Crippen LogP contribution in [0.25, 0.3) is 11.1 Å². The molecule has 1 aliphatic heterocycles. The van der Waals surface area contributed by atoms with Crippen molar-refractivity contribution in [3.8, 4) is 11.1 Å². The van der Waals surface area contributed by atoms with E-state index in [9.17, 15) is 14.0 Å². The Kier molecular flexibility index (Phi) is 8.17. The zero-order valence-electron chi connectivity index (χ0n) is 22.8. The summed E-state index contributed by atoms with van der Waals surface area (Å²) in [6, 6.07) is 21.6. The van der Waals surface area contributed by atoms with Crippen molar-refractivity contribution in [1.82, 2.24) is 9.80 Å². The van der Waals surface area contributed by atoms with Gasteiger partial charge in [0.15, 0.2) is 0 Å². The highest BCUT2D eigenvalue weighted by atomic mass is 19.1. The summed E-state index contributed by atoms with van der Waals surface area (Å²) in [6.07, 6.45) is -0.261. The van der Waals surface area contributed by atoms with Crippen molar-refractivity contribution in [3.05, 3.63) is 89.7 Å². The average molecular weight is 518 g/mol. The van der Waals surface area contributed by atoms with Crippen LogP contribution in [0.1, 0.15) is 43.6 Å². The van der Waals surface area contributed by atoms with Crippen LogP contribution in [-0.2, 0) is 11.3 Å². The molecular formula is C31H36FN3O3. The number of benzene rings is 3. The van der Waals surface area contributed by atoms with Crippen LogP contribution >= 0.6 is 0 Å². The SMILES string of the molecule is C[C@H]1CN(Cc2ccc(N(C)C(=O)c3ccccc3-c3ccc(F)cc3)cc2)CCN1C(=O)OC(C)(C)C. The van der Waals surface area contributed by atoms with Crippen LogP contribution < -0.4 is 4.90 Å². The zero-order chi connectivity index (χ0) is 27.4. The van der Waals surface area contributed by atoms with Crippen molar-refractivity contribution in [2.75, 3.05) is 31.6 Å². The maximum atomic E-state index is 13.4. The Morgan fingerprint density at radius 2 is 1.63 bits per heavy atom. The Hall–Kier alpha value is -3.71. The second-order valence-electron chi connectivity index (χ2n) is 10.8. The summed E-state index contributed by atoms with van der Waals surface area (Å²) in [4.78, 5) is 31.7. The fraction of sp³-hybridized carbons (Fsp3) is 0.355. The van der Waals surface area contributed by atoms with Gasteiger partial charge in [0.2, 0.25) is 0 Å². The molecule has 7 heteroatoms. The molecule has 0 saturated carbocycles. The molecule has 0 unspecified atom stereocenters. The normalized spacial score (nSPS) is 16.3. The van der Waals surface area contributed by atoms with E-state index >= 15 is 0 Å². The van der Waals surface area contributed by atoms with Gasteiger partial charge in [-0.05, 0) is 74.7 Å². The predicted molar refractivity (Wildman–Crippen MR) is 149 cm³/mol. The molecule has 0 radical (unpaired) electrons. The van der Waals surface area contributed by atoms with E-state index in [-0.39, 0.29) is 23.9 Å². The predicted octanol–water partition coefficient (Wildman–Crippen LogP) is 6.21. The molecule has 1 fully saturated rings. The van der Waals surface area contributed by atoms with Crippen LogP contribution in [0.3, 0.4) is 0 Å². The lowest BCUT2D eigenvalue weighted by molar-refractivity contribution is 0.000551. The molecule has 3 aromatic rings. The molecule has 3 aromatic carbocycles. The maximum Gasteiger partial charge on any atom is 0.410 e. The molecule has 0 spiro atoms. The van der Waals surface area contributed by atoms with Crippen LogP contribution in [0.5, 0.6) is 0 Å². The summed E-state index contributed by atoms with van der Waals surface area (Å²) in [5, 5.41) is 0. The smallest absolute Gasteiger partial charge is 0.410 e. The van der Waals surface area contributed by atoms with Gasteiger partial charge < -0.3 is 14.5 Å². The lowest BCUT2D eigenvalue weighted by atomic mass is 9.98. The van der Waals surface area contributed by atoms with Crippen molar-refractivity contribution < 1.29 is 18.7 Å². The molecule has 4 rings (SSSR count). The maximum absolute atomic E-state index is 13.4. The summed E-state index contributed by atoms with van der Waals surface area (Å²) in [6.45, 7) is 10.6. The van der Waals surface area contributed by atoms with Crippen molar-refractivity contribution >= 4 is 17.7 Å². The second-order valence-corrected chi connectivity index (χ2v) is 10.8. The Labute approximate surface area is 224 Å². The van der Waals surface area contributed by atoms with E-state index < -0.39 is 5.60 Å². The molecular weight excluding hydrogens is 481 g/mol. The number of nitrogens with zero attached hydrogens (tertiary/aromatic N) is 3. The first-order valence-corrected chi connectivity index (χ1v) is 13.0. The van der Waals surface area contributed by atoms with Gasteiger partial charge in [0, 0.05) is 50.5 Å². The highest BCUT2D eigenvalue weighted by Gasteiger charge is 2.30. The first-order valence-electron chi connectivity index (χ1n) is 13.0. The number of carbonyl (C=O) groups excluding carboxylic acids is 2. The summed E-state index contributed by atoms with van der Waals surface area (Å²) in [7, 11) is 1.76. The van der Waals surface area contributed by atoms with E-state index in [0.29, 0.717) is 12.1 Å². The summed E-state index contributed by atoms with van der Waals surface area (Å²) >= 11 is 0. The molecule has 1 aliphatic rings. The third-order valence-electron chi connectivity index (χ3n) is 6.69. The van der Waals surface area contributed by atoms with Gasteiger partial charge in [-0.25, -0.2) is 9.18 Å². The van der Waals surface area contributed by atoms with Crippen LogP contribution in [0.2, 0.25) is 0 Å². The number of piperazine rings is 1. The summed E-state index contributed by atoms with van der Waals surface area (Å²) in [5.41, 5.74) is 3.53. The molecule has 0 bridgehead atoms. The minimum Gasteiger partial charge on any atom is -0.444 e. The molecule has 1 heterocycles. The van der Waals surface area contributed by atoms with E-state index in [1.807, 2.05) is 70.2 Å². The van der Waals surface area contributed by atoms with Gasteiger partial charge in [-0.2, -0.15) is 0 Å². The molecule has 0 aromatic heterocycles. The first-order chi connectivity index (χ1) is 18.0. The minimum atomic E-state index is -0.507. The third kappa shape index (κ3) is 6.58. The van der Waals surface area contributed by atoms with Gasteiger partial charge in [-0.15, -0.1) is 0 Å². The third-order valence-corrected chi connectivity index (χ3v) is 6.69. The van der Waals surface area contributed by atoms with Crippen molar-refractivity contribution in [3.63, 3.8) is 0 Å². The molecule has 0 aliphatic carbocycles. The molecule has 38 heavy (non-hydrogen) atoms. The Balaban J connectivity index is 1.39. The van der Waals surface area contributed by atoms with Crippen LogP contribution in [0.4, 0.5) is 14.9 Å². The number of carbonyl (C=O) groups is 2. The number of hydrogen-bond acceptors (Lipinski definition) is 4. The molecule has 2 amide bonds. The van der Waals surface area contributed by atoms with Gasteiger partial charge in [0.05, 0.1) is 0 Å². The van der Waals surface area contributed by atoms with Crippen molar-refractivity contribution in [1.29, 1.82) is 0 Å². The number of rotatable bonds is 5. The first kappa shape index (κ1) is 27.3. The van der Waals surface area contributed by atoms with Crippen molar-refractivity contribution in [2.45, 2.75) is 45.9 Å². The van der Waals surface area contributed by atoms with Gasteiger partial charge in [-0.3, -0.25) is 9.69 Å². The van der Waals surface area contributed by atoms with Gasteiger partial charge in [0.25, 0.3) is 5.91 Å². The van der Waals surface area contributed by atoms with E-state index in [1.54, 1.807) is 35.0 Å². The lowest BCUT2D eigenvalue weighted by Crippen LogP contribution is -2.54. The van der Waals surface area contributed by atoms with Crippen molar-refractivity contribution in [2.24, 2.45) is 0 Å². The van der Waals surface area contributed by atoms with Gasteiger partial charge in [-0.1, -0.05) is 42.5 Å². The van der Waals surface area contributed by atoms with Crippen LogP contribution in [0.15, 0.2) is 72.8 Å². The highest BCUT2D eigenvalue weighted by Crippen LogP contribution is 2.27. The standard InChI is InChI=1S/C31H36FN3O3/c1-22-20-34(18-19-35(22)30(37)38-31(2,3)4)21-23-10-16-26(17-11-23)33(5)29(36)28-9-7-6-8-27(28)24-12-14-25(32)15-13-24/h6-17,22H,18-21H2,1-5H3/t22-/m0/s1. The van der Waals surface area contributed by atoms with Gasteiger partial charge in [0.1, 0.15) is 11.4 Å². The summed E-state index contributed by atoms with van der Waals surface area (Å²) < 4.78 is 19.0. The molecule has 200 valence electrons. The fourth-order valence-electron chi connectivity index (χ4n) is 4.70. The van der Waals surface area contributed by atoms with E-state index in [1.165, 1.54) is 12.1 Å². The minimum absolute atomic E-state index is 0.0582. The quantitative estimate of drug-likeness (QED) is 0.404. The molecule has 6 nitrogen and oxygen atoms in total. The zero-order valence-corrected chi connectivity index (χ0v) is 22.8. The van der Waals surface area contributed by atoms with Gasteiger partial charge >= 0.3 is 6.09 Å². The Morgan fingerprint density at radius 3 is 2.26 bits per heavy atom. The van der Waals surface area contributed by atoms with Crippen LogP contribution in [0, 0.1) is 5.82 Å². The summed E-state index contributed by atoms with van der Waals surface area (Å²) in [5.74, 6) is -0.445. The number of hydrogen-bond donors (Lipinski definition) is 0. The number of anilines is 1. The number of amides is 2. The average Bonchev–Trinajstić information content (AvgIpc) is 2.88. The van der Waals surface area contributed by atoms with E-state index in [0.717, 1.165) is 42.0 Å². The lowest BCUT2D eigenvalue weighted by Gasteiger charge is -2.40. The van der Waals surface area contributed by atoms with E-state index in [4.69, 9.17) is 4.74 Å². The molecule has 0 N–H and O–H groups in total. The Morgan fingerprint density at radius 1 is 0.974 bits per heavy atom. The second kappa shape index (κ2) is 11.4.